The van der Waals surface area contributed by atoms with E-state index in [1.165, 1.54) is 0 Å². The molecule has 16 heavy (non-hydrogen) atoms. The molecule has 0 saturated heterocycles. The summed E-state index contributed by atoms with van der Waals surface area (Å²) >= 11 is 1.82. The zero-order chi connectivity index (χ0) is 13.6. The first-order valence-corrected chi connectivity index (χ1v) is 6.90. The molecule has 0 aliphatic heterocycles. The van der Waals surface area contributed by atoms with Crippen molar-refractivity contribution in [3.05, 3.63) is 38.5 Å². The van der Waals surface area contributed by atoms with Crippen LogP contribution in [0, 0.1) is 38.5 Å². The van der Waals surface area contributed by atoms with Gasteiger partial charge in [0.25, 0.3) is 5.97 Å². The van der Waals surface area contributed by atoms with Gasteiger partial charge in [0.1, 0.15) is 0 Å². The molecule has 0 fully saturated rings. The maximum absolute atomic E-state index is 9.00. The summed E-state index contributed by atoms with van der Waals surface area (Å²) in [5, 5.41) is 7.42. The zero-order valence-corrected chi connectivity index (χ0v) is 12.6. The fraction of sp³-hybridized carbons (Fsp3) is 0.417. The van der Waals surface area contributed by atoms with Gasteiger partial charge in [-0.25, -0.2) is 0 Å². The summed E-state index contributed by atoms with van der Waals surface area (Å²) < 4.78 is 0. The van der Waals surface area contributed by atoms with Crippen LogP contribution in [0.15, 0.2) is 0 Å². The molecule has 0 heterocycles. The molecule has 0 aliphatic rings. The van der Waals surface area contributed by atoms with Crippen LogP contribution < -0.4 is 0 Å². The third-order valence-electron chi connectivity index (χ3n) is 1.15. The number of aliphatic carboxylic acids is 1. The van der Waals surface area contributed by atoms with Gasteiger partial charge >= 0.3 is 27.0 Å². The number of carboxylic acids is 1. The number of rotatable bonds is 5. The molecule has 0 atom stereocenters. The van der Waals surface area contributed by atoms with E-state index in [2.05, 4.69) is 36.4 Å². The topological polar surface area (TPSA) is 37.3 Å². The number of unbranched alkanes of at least 4 members (excludes halogenated alkanes) is 1. The fourth-order valence-corrected chi connectivity index (χ4v) is 0.659. The first-order chi connectivity index (χ1) is 7.36. The van der Waals surface area contributed by atoms with Gasteiger partial charge in [0.05, 0.1) is 0 Å². The quantitative estimate of drug-likeness (QED) is 0.614. The molecule has 0 spiro atoms. The zero-order valence-electron chi connectivity index (χ0n) is 10.1. The van der Waals surface area contributed by atoms with Crippen molar-refractivity contribution in [3.63, 3.8) is 0 Å². The van der Waals surface area contributed by atoms with E-state index in [1.54, 1.807) is 0 Å². The normalized spacial score (nSPS) is 9.06. The molecule has 95 valence electrons. The summed E-state index contributed by atoms with van der Waals surface area (Å²) in [4.78, 5) is 9.00. The number of halogens is 1. The number of carbonyl (C=O) groups is 1. The predicted molar refractivity (Wildman–Crippen MR) is 65.5 cm³/mol. The van der Waals surface area contributed by atoms with E-state index in [4.69, 9.17) is 9.90 Å². The Hall–Kier alpha value is 0.383. The van der Waals surface area contributed by atoms with Gasteiger partial charge < -0.3 is 5.11 Å². The molecule has 0 unspecified atom stereocenters. The summed E-state index contributed by atoms with van der Waals surface area (Å²) in [7, 11) is 4.57. The Bertz CT molecular complexity index is 125. The van der Waals surface area contributed by atoms with Gasteiger partial charge in [-0.3, -0.25) is 4.79 Å². The molecular weight excluding hydrogens is 313 g/mol. The summed E-state index contributed by atoms with van der Waals surface area (Å²) in [6.45, 7) is 12.7. The Labute approximate surface area is 115 Å². The van der Waals surface area contributed by atoms with E-state index < -0.39 is 5.97 Å². The summed E-state index contributed by atoms with van der Waals surface area (Å²) in [5.74, 6) is 1.46. The van der Waals surface area contributed by atoms with E-state index in [1.807, 2.05) is 31.2 Å². The van der Waals surface area contributed by atoms with Crippen LogP contribution in [0.2, 0.25) is 0 Å². The van der Waals surface area contributed by atoms with E-state index >= 15 is 0 Å². The second kappa shape index (κ2) is 17.8. The van der Waals surface area contributed by atoms with Gasteiger partial charge in [-0.15, -0.1) is 0 Å². The molecule has 1 N–H and O–H groups in total. The van der Waals surface area contributed by atoms with Crippen LogP contribution in [0.3, 0.4) is 0 Å². The van der Waals surface area contributed by atoms with Crippen LogP contribution >= 0.6 is 9.69 Å². The van der Waals surface area contributed by atoms with Crippen LogP contribution in [0.1, 0.15) is 33.6 Å². The SMILES string of the molecule is CC(=O)O.[CH2][C](C)[CH]CC[CH][C]([CH2])C.[Cl][Ru]. The Kier molecular flexibility index (Phi) is 24.0. The van der Waals surface area contributed by atoms with Crippen LogP contribution in [0.4, 0.5) is 0 Å². The van der Waals surface area contributed by atoms with Gasteiger partial charge in [-0.05, 0) is 51.4 Å². The molecule has 6 radical (unpaired) electrons. The second-order valence-corrected chi connectivity index (χ2v) is 3.20. The van der Waals surface area contributed by atoms with E-state index in [-0.39, 0.29) is 0 Å². The van der Waals surface area contributed by atoms with Crippen molar-refractivity contribution in [3.8, 4) is 0 Å². The van der Waals surface area contributed by atoms with E-state index in [9.17, 15) is 0 Å². The molecule has 0 aliphatic carbocycles. The minimum absolute atomic E-state index is 0.833. The van der Waals surface area contributed by atoms with Gasteiger partial charge in [0.15, 0.2) is 0 Å². The van der Waals surface area contributed by atoms with Crippen molar-refractivity contribution < 1.29 is 27.2 Å². The summed E-state index contributed by atoms with van der Waals surface area (Å²) in [6, 6.07) is 0. The fourth-order valence-electron chi connectivity index (χ4n) is 0.659. The van der Waals surface area contributed by atoms with Crippen molar-refractivity contribution in [2.75, 3.05) is 0 Å². The summed E-state index contributed by atoms with van der Waals surface area (Å²) in [5.41, 5.74) is 0. The average molecular weight is 333 g/mol. The minimum atomic E-state index is -0.833. The molecular formula is C12H20ClO2Ru. The molecule has 0 saturated carbocycles. The molecule has 0 rings (SSSR count). The van der Waals surface area contributed by atoms with E-state index in [0.717, 1.165) is 31.6 Å². The molecule has 0 aromatic rings. The van der Waals surface area contributed by atoms with Crippen molar-refractivity contribution >= 4 is 15.7 Å². The average Bonchev–Trinajstić information content (AvgIpc) is 2.14. The van der Waals surface area contributed by atoms with Gasteiger partial charge in [0.2, 0.25) is 0 Å². The second-order valence-electron chi connectivity index (χ2n) is 3.20. The first-order valence-electron chi connectivity index (χ1n) is 4.66. The Morgan fingerprint density at radius 3 is 1.44 bits per heavy atom. The Morgan fingerprint density at radius 1 is 1.12 bits per heavy atom. The van der Waals surface area contributed by atoms with Crippen LogP contribution in [-0.2, 0) is 22.1 Å². The van der Waals surface area contributed by atoms with Crippen molar-refractivity contribution in [1.29, 1.82) is 0 Å². The molecule has 0 aromatic heterocycles. The van der Waals surface area contributed by atoms with Crippen LogP contribution in [0.25, 0.3) is 0 Å². The number of carboxylic acid groups (broad SMARTS) is 1. The number of hydrogen-bond donors (Lipinski definition) is 1. The summed E-state index contributed by atoms with van der Waals surface area (Å²) in [6.07, 6.45) is 6.45. The van der Waals surface area contributed by atoms with Gasteiger partial charge in [-0.2, -0.15) is 0 Å². The van der Waals surface area contributed by atoms with Crippen molar-refractivity contribution in [1.82, 2.24) is 0 Å². The molecule has 0 amide bonds. The van der Waals surface area contributed by atoms with Gasteiger partial charge in [-0.1, -0.05) is 13.8 Å². The maximum atomic E-state index is 9.00. The van der Waals surface area contributed by atoms with Crippen LogP contribution in [-0.4, -0.2) is 11.1 Å². The molecule has 4 heteroatoms. The van der Waals surface area contributed by atoms with Crippen molar-refractivity contribution in [2.24, 2.45) is 0 Å². The molecule has 0 bridgehead atoms. The molecule has 0 aromatic carbocycles. The van der Waals surface area contributed by atoms with Crippen molar-refractivity contribution in [2.45, 2.75) is 33.6 Å². The molecule has 2 nitrogen and oxygen atoms in total. The third kappa shape index (κ3) is 47.3. The van der Waals surface area contributed by atoms with Crippen LogP contribution in [0.5, 0.6) is 0 Å². The Morgan fingerprint density at radius 2 is 1.31 bits per heavy atom. The monoisotopic (exact) mass is 333 g/mol. The Balaban J connectivity index is -0.000000237. The standard InChI is InChI=1S/C10H16.C2H4O2.ClH.Ru/c1-9(2)7-5-6-8-10(3)4;1-2(3)4;;/h7-8H,1,3,5-6H2,2,4H3;1H3,(H,3,4);1H;/q;;;+1/p-1. The third-order valence-corrected chi connectivity index (χ3v) is 1.15. The first kappa shape index (κ1) is 21.6. The predicted octanol–water partition coefficient (Wildman–Crippen LogP) is 3.81. The number of hydrogen-bond acceptors (Lipinski definition) is 1. The van der Waals surface area contributed by atoms with E-state index in [0.29, 0.717) is 0 Å². The van der Waals surface area contributed by atoms with Gasteiger partial charge in [0, 0.05) is 6.92 Å².